The number of ketones is 1. The highest BCUT2D eigenvalue weighted by atomic mass is 16.5. The Morgan fingerprint density at radius 3 is 2.41 bits per heavy atom. The molecule has 9 nitrogen and oxygen atoms in total. The van der Waals surface area contributed by atoms with E-state index in [2.05, 4.69) is 30.4 Å². The van der Waals surface area contributed by atoms with Crippen LogP contribution in [-0.2, 0) is 14.3 Å². The van der Waals surface area contributed by atoms with Crippen LogP contribution in [0, 0.1) is 13.8 Å². The van der Waals surface area contributed by atoms with E-state index >= 15 is 0 Å². The van der Waals surface area contributed by atoms with Gasteiger partial charge in [0.05, 0.1) is 29.7 Å². The largest absolute Gasteiger partial charge is 0.481 e. The lowest BCUT2D eigenvalue weighted by Gasteiger charge is -2.18. The third-order valence-electron chi connectivity index (χ3n) is 9.57. The van der Waals surface area contributed by atoms with E-state index in [9.17, 15) is 19.5 Å². The smallest absolute Gasteiger partial charge is 0.321 e. The number of carbonyl (C=O) groups is 3. The normalized spacial score (nSPS) is 19.0. The van der Waals surface area contributed by atoms with Crippen LogP contribution in [0.3, 0.4) is 0 Å². The molecular weight excluding hydrogens is 556 g/mol. The molecule has 1 aliphatic carbocycles. The fraction of sp³-hybridized carbons (Fsp3) is 0.343. The molecule has 3 atom stereocenters. The minimum absolute atomic E-state index is 0.0772. The molecule has 0 saturated heterocycles. The number of aryl methyl sites for hydroxylation is 2. The van der Waals surface area contributed by atoms with Crippen molar-refractivity contribution in [1.29, 1.82) is 0 Å². The van der Waals surface area contributed by atoms with E-state index in [0.717, 1.165) is 62.3 Å². The number of hydrogen-bond donors (Lipinski definition) is 3. The Bertz CT molecular complexity index is 1990. The van der Waals surface area contributed by atoms with E-state index in [-0.39, 0.29) is 24.0 Å². The number of aliphatic carboxylic acids is 1. The molecule has 3 aromatic heterocycles. The molecular formula is C35H36N4O5. The van der Waals surface area contributed by atoms with E-state index in [1.807, 2.05) is 45.0 Å². The van der Waals surface area contributed by atoms with Crippen LogP contribution in [-0.4, -0.2) is 49.9 Å². The zero-order valence-corrected chi connectivity index (χ0v) is 25.8. The molecule has 2 aliphatic heterocycles. The molecule has 1 unspecified atom stereocenters. The van der Waals surface area contributed by atoms with Crippen molar-refractivity contribution in [3.63, 3.8) is 0 Å². The van der Waals surface area contributed by atoms with Crippen molar-refractivity contribution in [2.75, 3.05) is 7.11 Å². The summed E-state index contributed by atoms with van der Waals surface area (Å²) >= 11 is 0. The number of esters is 1. The van der Waals surface area contributed by atoms with Gasteiger partial charge in [-0.15, -0.1) is 0 Å². The fourth-order valence-electron chi connectivity index (χ4n) is 7.09. The summed E-state index contributed by atoms with van der Waals surface area (Å²) in [5.74, 6) is -3.64. The number of carbonyl (C=O) groups excluding carboxylic acids is 2. The summed E-state index contributed by atoms with van der Waals surface area (Å²) in [6, 6.07) is 5.99. The van der Waals surface area contributed by atoms with Crippen LogP contribution in [0.4, 0.5) is 0 Å². The summed E-state index contributed by atoms with van der Waals surface area (Å²) in [6.07, 6.45) is 2.82. The number of rotatable bonds is 6. The molecule has 3 N–H and O–H groups in total. The molecule has 0 spiro atoms. The first-order valence-electron chi connectivity index (χ1n) is 14.9. The molecule has 44 heavy (non-hydrogen) atoms. The number of hydrogen-bond acceptors (Lipinski definition) is 6. The first kappa shape index (κ1) is 29.3. The zero-order chi connectivity index (χ0) is 31.6. The molecule has 0 fully saturated rings. The molecule has 0 aromatic carbocycles. The Hall–Kier alpha value is -4.79. The van der Waals surface area contributed by atoms with Crippen LogP contribution in [0.5, 0.6) is 0 Å². The highest BCUT2D eigenvalue weighted by molar-refractivity contribution is 6.23. The summed E-state index contributed by atoms with van der Waals surface area (Å²) < 4.78 is 5.13. The number of Topliss-reactive ketones (excluding diaryl/α,β-unsaturated/α-hetero) is 1. The van der Waals surface area contributed by atoms with Crippen molar-refractivity contribution in [3.8, 4) is 0 Å². The van der Waals surface area contributed by atoms with Gasteiger partial charge in [-0.1, -0.05) is 26.5 Å². The molecule has 6 rings (SSSR count). The Morgan fingerprint density at radius 2 is 1.75 bits per heavy atom. The molecule has 5 heterocycles. The van der Waals surface area contributed by atoms with Crippen molar-refractivity contribution in [2.24, 2.45) is 0 Å². The van der Waals surface area contributed by atoms with E-state index in [0.29, 0.717) is 34.3 Å². The maximum Gasteiger partial charge on any atom is 0.321 e. The summed E-state index contributed by atoms with van der Waals surface area (Å²) in [5, 5.41) is 9.60. The second-order valence-corrected chi connectivity index (χ2v) is 11.9. The van der Waals surface area contributed by atoms with E-state index < -0.39 is 17.9 Å². The van der Waals surface area contributed by atoms with Gasteiger partial charge in [0.25, 0.3) is 0 Å². The molecule has 3 aliphatic rings. The summed E-state index contributed by atoms with van der Waals surface area (Å²) in [7, 11) is 1.27. The van der Waals surface area contributed by atoms with Crippen LogP contribution >= 0.6 is 0 Å². The van der Waals surface area contributed by atoms with Crippen molar-refractivity contribution >= 4 is 57.0 Å². The predicted octanol–water partition coefficient (Wildman–Crippen LogP) is 7.12. The monoisotopic (exact) mass is 592 g/mol. The molecule has 0 saturated carbocycles. The number of fused-ring (bicyclic) bond motifs is 8. The number of allylic oxidation sites excluding steroid dienone is 2. The number of nitrogens with zero attached hydrogens (tertiary/aromatic N) is 2. The third kappa shape index (κ3) is 4.32. The van der Waals surface area contributed by atoms with Crippen molar-refractivity contribution in [3.05, 3.63) is 75.4 Å². The number of aromatic nitrogens is 4. The lowest BCUT2D eigenvalue weighted by molar-refractivity contribution is -0.141. The highest BCUT2D eigenvalue weighted by Crippen LogP contribution is 2.48. The average Bonchev–Trinajstić information content (AvgIpc) is 3.72. The van der Waals surface area contributed by atoms with Crippen LogP contribution in [0.1, 0.15) is 113 Å². The highest BCUT2D eigenvalue weighted by Gasteiger charge is 2.45. The van der Waals surface area contributed by atoms with Gasteiger partial charge < -0.3 is 19.8 Å². The first-order valence-corrected chi connectivity index (χ1v) is 14.9. The van der Waals surface area contributed by atoms with Crippen molar-refractivity contribution in [2.45, 2.75) is 71.6 Å². The second kappa shape index (κ2) is 10.7. The lowest BCUT2D eigenvalue weighted by Crippen LogP contribution is -2.21. The summed E-state index contributed by atoms with van der Waals surface area (Å²) in [4.78, 5) is 56.0. The van der Waals surface area contributed by atoms with Gasteiger partial charge in [-0.25, -0.2) is 4.98 Å². The fourth-order valence-corrected chi connectivity index (χ4v) is 7.09. The molecule has 9 heteroatoms. The minimum atomic E-state index is -1.19. The predicted molar refractivity (Wildman–Crippen MR) is 170 cm³/mol. The van der Waals surface area contributed by atoms with Crippen molar-refractivity contribution < 1.29 is 24.2 Å². The summed E-state index contributed by atoms with van der Waals surface area (Å²) in [5.41, 5.74) is 11.7. The van der Waals surface area contributed by atoms with Gasteiger partial charge in [-0.2, -0.15) is 0 Å². The summed E-state index contributed by atoms with van der Waals surface area (Å²) in [6.45, 7) is 14.1. The van der Waals surface area contributed by atoms with Gasteiger partial charge >= 0.3 is 11.9 Å². The van der Waals surface area contributed by atoms with E-state index in [1.54, 1.807) is 0 Å². The van der Waals surface area contributed by atoms with Crippen LogP contribution in [0.15, 0.2) is 24.8 Å². The van der Waals surface area contributed by atoms with Crippen LogP contribution in [0.25, 0.3) is 39.3 Å². The Balaban J connectivity index is 1.82. The number of methoxy groups -OCH3 is 1. The minimum Gasteiger partial charge on any atom is -0.481 e. The van der Waals surface area contributed by atoms with E-state index in [4.69, 9.17) is 14.7 Å². The Morgan fingerprint density at radius 1 is 1.05 bits per heavy atom. The third-order valence-corrected chi connectivity index (χ3v) is 9.57. The van der Waals surface area contributed by atoms with Crippen molar-refractivity contribution in [1.82, 2.24) is 19.9 Å². The van der Waals surface area contributed by atoms with Crippen LogP contribution in [0.2, 0.25) is 0 Å². The van der Waals surface area contributed by atoms with E-state index in [1.165, 1.54) is 7.11 Å². The van der Waals surface area contributed by atoms with Gasteiger partial charge in [0.15, 0.2) is 5.78 Å². The van der Waals surface area contributed by atoms with Gasteiger partial charge in [0, 0.05) is 57.2 Å². The van der Waals surface area contributed by atoms with Crippen LogP contribution < -0.4 is 0 Å². The average molecular weight is 593 g/mol. The van der Waals surface area contributed by atoms with Gasteiger partial charge in [0.2, 0.25) is 0 Å². The number of H-pyrrole nitrogens is 2. The molecule has 3 aromatic rings. The Labute approximate surface area is 255 Å². The number of ether oxygens (including phenoxy) is 1. The molecule has 0 amide bonds. The second-order valence-electron chi connectivity index (χ2n) is 11.9. The lowest BCUT2D eigenvalue weighted by atomic mass is 9.84. The maximum absolute atomic E-state index is 14.0. The quantitative estimate of drug-likeness (QED) is 0.205. The maximum atomic E-state index is 14.0. The topological polar surface area (TPSA) is 138 Å². The first-order chi connectivity index (χ1) is 21.0. The standard InChI is InChI=1S/C35H36N4O5/c1-8-19-15(3)22-12-24-17(5)21(10-11-28(40)41)32(38-24)30-31(35(43)44-7)34(42)29-18(6)25(39-33(29)30)14-27-20(9-2)16(4)23(37-27)13-26(19)36-22/h8,12-14,17,21,31,36,39H,1,9-11H2,2-7H3,(H,40,41)/t17-,21-,31?/m1/s1. The number of carboxylic acids is 1. The SMILES string of the molecule is C=Cc1c(C)c2cc3nc(c4c5[nH]c(cc6nc(cc1[nH]2)C(C)=C6CC)c(C)c5C(=O)C4C(=O)OC)[C@H](CCC(=O)O)[C@H]3C. The van der Waals surface area contributed by atoms with Gasteiger partial charge in [-0.3, -0.25) is 19.4 Å². The zero-order valence-electron chi connectivity index (χ0n) is 25.8. The molecule has 0 radical (unpaired) electrons. The molecule has 8 bridgehead atoms. The Kier molecular flexibility index (Phi) is 7.14. The van der Waals surface area contributed by atoms with Gasteiger partial charge in [-0.05, 0) is 74.1 Å². The number of nitrogens with one attached hydrogen (secondary N) is 2. The number of aromatic amines is 2. The molecule has 226 valence electrons. The van der Waals surface area contributed by atoms with Gasteiger partial charge in [0.1, 0.15) is 5.92 Å². The number of carboxylic acid groups (broad SMARTS) is 1.